The number of aromatic nitrogens is 1. The summed E-state index contributed by atoms with van der Waals surface area (Å²) in [7, 11) is 2.02. The molecule has 0 amide bonds. The monoisotopic (exact) mass is 237 g/mol. The first-order valence-corrected chi connectivity index (χ1v) is 6.12. The minimum Gasteiger partial charge on any atom is -0.314 e. The van der Waals surface area contributed by atoms with Gasteiger partial charge in [0.2, 0.25) is 0 Å². The molecule has 0 aliphatic carbocycles. The Hall–Kier alpha value is -1.00. The highest BCUT2D eigenvalue weighted by molar-refractivity contribution is 5.10. The van der Waals surface area contributed by atoms with Crippen molar-refractivity contribution in [2.24, 2.45) is 0 Å². The molecule has 0 radical (unpaired) electrons. The van der Waals surface area contributed by atoms with Gasteiger partial charge in [-0.15, -0.1) is 0 Å². The molecule has 1 N–H and O–H groups in total. The van der Waals surface area contributed by atoms with Crippen LogP contribution < -0.4 is 5.32 Å². The number of halogens is 1. The summed E-state index contributed by atoms with van der Waals surface area (Å²) in [5.74, 6) is -0.250. The van der Waals surface area contributed by atoms with E-state index in [4.69, 9.17) is 0 Å². The van der Waals surface area contributed by atoms with Crippen LogP contribution in [0, 0.1) is 5.82 Å². The summed E-state index contributed by atoms with van der Waals surface area (Å²) in [4.78, 5) is 6.24. The summed E-state index contributed by atoms with van der Waals surface area (Å²) in [6, 6.07) is 1.57. The predicted octanol–water partition coefficient (Wildman–Crippen LogP) is 1.79. The van der Waals surface area contributed by atoms with Crippen LogP contribution in [0.4, 0.5) is 4.39 Å². The second-order valence-corrected chi connectivity index (χ2v) is 5.10. The first-order chi connectivity index (χ1) is 8.11. The van der Waals surface area contributed by atoms with Crippen molar-refractivity contribution in [2.45, 2.75) is 31.8 Å². The predicted molar refractivity (Wildman–Crippen MR) is 66.2 cm³/mol. The third kappa shape index (κ3) is 3.23. The van der Waals surface area contributed by atoms with Crippen LogP contribution in [0.2, 0.25) is 0 Å². The largest absolute Gasteiger partial charge is 0.314 e. The number of rotatable bonds is 3. The molecule has 1 aromatic rings. The van der Waals surface area contributed by atoms with Gasteiger partial charge in [0.25, 0.3) is 0 Å². The summed E-state index contributed by atoms with van der Waals surface area (Å²) < 4.78 is 13.0. The van der Waals surface area contributed by atoms with Gasteiger partial charge >= 0.3 is 0 Å². The van der Waals surface area contributed by atoms with Gasteiger partial charge in [0.1, 0.15) is 5.82 Å². The van der Waals surface area contributed by atoms with Crippen molar-refractivity contribution in [2.75, 3.05) is 20.1 Å². The van der Waals surface area contributed by atoms with Crippen LogP contribution in [0.15, 0.2) is 18.5 Å². The SMILES string of the molecule is CNC1(C)CCN(Cc2cncc(F)c2)CC1. The Bertz CT molecular complexity index is 373. The van der Waals surface area contributed by atoms with Gasteiger partial charge in [0.15, 0.2) is 0 Å². The fourth-order valence-electron chi connectivity index (χ4n) is 2.26. The number of hydrogen-bond acceptors (Lipinski definition) is 3. The Kier molecular flexibility index (Phi) is 3.74. The highest BCUT2D eigenvalue weighted by Gasteiger charge is 2.27. The Morgan fingerprint density at radius 1 is 1.41 bits per heavy atom. The molecule has 17 heavy (non-hydrogen) atoms. The van der Waals surface area contributed by atoms with E-state index in [9.17, 15) is 4.39 Å². The average Bonchev–Trinajstić information content (AvgIpc) is 2.33. The summed E-state index contributed by atoms with van der Waals surface area (Å²) >= 11 is 0. The van der Waals surface area contributed by atoms with Gasteiger partial charge in [-0.2, -0.15) is 0 Å². The molecular formula is C13H20FN3. The molecule has 0 unspecified atom stereocenters. The first kappa shape index (κ1) is 12.5. The zero-order chi connectivity index (χ0) is 12.3. The van der Waals surface area contributed by atoms with Gasteiger partial charge in [-0.25, -0.2) is 4.39 Å². The van der Waals surface area contributed by atoms with Crippen molar-refractivity contribution in [3.8, 4) is 0 Å². The van der Waals surface area contributed by atoms with Crippen LogP contribution in [-0.4, -0.2) is 35.6 Å². The Labute approximate surface area is 102 Å². The van der Waals surface area contributed by atoms with E-state index in [1.54, 1.807) is 12.3 Å². The van der Waals surface area contributed by atoms with E-state index in [0.29, 0.717) is 0 Å². The summed E-state index contributed by atoms with van der Waals surface area (Å²) in [6.45, 7) is 5.15. The minimum absolute atomic E-state index is 0.250. The van der Waals surface area contributed by atoms with E-state index in [1.165, 1.54) is 6.20 Å². The third-order valence-corrected chi connectivity index (χ3v) is 3.73. The molecule has 2 rings (SSSR count). The second kappa shape index (κ2) is 5.10. The van der Waals surface area contributed by atoms with E-state index in [1.807, 2.05) is 7.05 Å². The maximum Gasteiger partial charge on any atom is 0.141 e. The lowest BCUT2D eigenvalue weighted by atomic mass is 9.90. The normalized spacial score (nSPS) is 20.4. The molecule has 1 aliphatic rings. The van der Waals surface area contributed by atoms with Crippen LogP contribution in [0.3, 0.4) is 0 Å². The average molecular weight is 237 g/mol. The van der Waals surface area contributed by atoms with Gasteiger partial charge in [0, 0.05) is 31.4 Å². The van der Waals surface area contributed by atoms with E-state index >= 15 is 0 Å². The van der Waals surface area contributed by atoms with Crippen molar-refractivity contribution in [3.63, 3.8) is 0 Å². The number of nitrogens with one attached hydrogen (secondary N) is 1. The van der Waals surface area contributed by atoms with Crippen molar-refractivity contribution in [1.82, 2.24) is 15.2 Å². The number of nitrogens with zero attached hydrogens (tertiary/aromatic N) is 2. The Morgan fingerprint density at radius 3 is 2.71 bits per heavy atom. The lowest BCUT2D eigenvalue weighted by Gasteiger charge is -2.39. The third-order valence-electron chi connectivity index (χ3n) is 3.73. The van der Waals surface area contributed by atoms with Crippen molar-refractivity contribution >= 4 is 0 Å². The van der Waals surface area contributed by atoms with E-state index in [-0.39, 0.29) is 11.4 Å². The molecule has 1 fully saturated rings. The van der Waals surface area contributed by atoms with Gasteiger partial charge in [-0.1, -0.05) is 0 Å². The van der Waals surface area contributed by atoms with Gasteiger partial charge < -0.3 is 5.32 Å². The van der Waals surface area contributed by atoms with Crippen molar-refractivity contribution < 1.29 is 4.39 Å². The molecular weight excluding hydrogens is 217 g/mol. The number of hydrogen-bond donors (Lipinski definition) is 1. The smallest absolute Gasteiger partial charge is 0.141 e. The van der Waals surface area contributed by atoms with Crippen LogP contribution >= 0.6 is 0 Å². The molecule has 1 aromatic heterocycles. The molecule has 94 valence electrons. The molecule has 1 aliphatic heterocycles. The molecule has 0 saturated carbocycles. The Balaban J connectivity index is 1.90. The molecule has 0 atom stereocenters. The molecule has 0 spiro atoms. The number of likely N-dealkylation sites (tertiary alicyclic amines) is 1. The maximum atomic E-state index is 13.0. The van der Waals surface area contributed by atoms with E-state index in [2.05, 4.69) is 22.1 Å². The summed E-state index contributed by atoms with van der Waals surface area (Å²) in [5.41, 5.74) is 1.22. The van der Waals surface area contributed by atoms with Crippen molar-refractivity contribution in [3.05, 3.63) is 29.8 Å². The second-order valence-electron chi connectivity index (χ2n) is 5.10. The fraction of sp³-hybridized carbons (Fsp3) is 0.615. The van der Waals surface area contributed by atoms with E-state index in [0.717, 1.165) is 38.0 Å². The van der Waals surface area contributed by atoms with Crippen LogP contribution in [0.25, 0.3) is 0 Å². The van der Waals surface area contributed by atoms with Crippen molar-refractivity contribution in [1.29, 1.82) is 0 Å². The fourth-order valence-corrected chi connectivity index (χ4v) is 2.26. The lowest BCUT2D eigenvalue weighted by molar-refractivity contribution is 0.146. The quantitative estimate of drug-likeness (QED) is 0.869. The topological polar surface area (TPSA) is 28.2 Å². The first-order valence-electron chi connectivity index (χ1n) is 6.12. The minimum atomic E-state index is -0.250. The van der Waals surface area contributed by atoms with Crippen LogP contribution in [-0.2, 0) is 6.54 Å². The van der Waals surface area contributed by atoms with Crippen LogP contribution in [0.5, 0.6) is 0 Å². The van der Waals surface area contributed by atoms with E-state index < -0.39 is 0 Å². The summed E-state index contributed by atoms with van der Waals surface area (Å²) in [6.07, 6.45) is 5.26. The maximum absolute atomic E-state index is 13.0. The van der Waals surface area contributed by atoms with Gasteiger partial charge in [-0.05, 0) is 38.4 Å². The lowest BCUT2D eigenvalue weighted by Crippen LogP contribution is -2.49. The zero-order valence-corrected chi connectivity index (χ0v) is 10.5. The molecule has 3 nitrogen and oxygen atoms in total. The molecule has 0 bridgehead atoms. The van der Waals surface area contributed by atoms with Gasteiger partial charge in [-0.3, -0.25) is 9.88 Å². The van der Waals surface area contributed by atoms with Crippen LogP contribution in [0.1, 0.15) is 25.3 Å². The molecule has 2 heterocycles. The molecule has 0 aromatic carbocycles. The molecule has 4 heteroatoms. The number of piperidine rings is 1. The standard InChI is InChI=1S/C13H20FN3/c1-13(15-2)3-5-17(6-4-13)10-11-7-12(14)9-16-8-11/h7-9,15H,3-6,10H2,1-2H3. The Morgan fingerprint density at radius 2 is 2.12 bits per heavy atom. The summed E-state index contributed by atoms with van der Waals surface area (Å²) in [5, 5.41) is 3.37. The number of pyridine rings is 1. The zero-order valence-electron chi connectivity index (χ0n) is 10.5. The highest BCUT2D eigenvalue weighted by Crippen LogP contribution is 2.22. The highest BCUT2D eigenvalue weighted by atomic mass is 19.1. The molecule has 1 saturated heterocycles. The van der Waals surface area contributed by atoms with Gasteiger partial charge in [0.05, 0.1) is 6.20 Å².